The van der Waals surface area contributed by atoms with Gasteiger partial charge in [-0.1, -0.05) is 24.3 Å². The van der Waals surface area contributed by atoms with E-state index < -0.39 is 5.97 Å². The van der Waals surface area contributed by atoms with Crippen molar-refractivity contribution < 1.29 is 23.7 Å². The van der Waals surface area contributed by atoms with Gasteiger partial charge in [-0.25, -0.2) is 9.79 Å². The Morgan fingerprint density at radius 1 is 0.900 bits per heavy atom. The topological polar surface area (TPSA) is 66.4 Å². The van der Waals surface area contributed by atoms with Crippen LogP contribution in [0, 0.1) is 0 Å². The first kappa shape index (κ1) is 17.1. The van der Waals surface area contributed by atoms with E-state index in [-0.39, 0.29) is 12.5 Å². The molecule has 30 heavy (non-hydrogen) atoms. The maximum Gasteiger partial charge on any atom is 0.364 e. The molecule has 0 atom stereocenters. The van der Waals surface area contributed by atoms with E-state index in [1.54, 1.807) is 0 Å². The largest absolute Gasteiger partial charge is 0.456 e. The number of cyclic esters (lactones) is 1. The minimum Gasteiger partial charge on any atom is -0.456 e. The van der Waals surface area contributed by atoms with E-state index in [9.17, 15) is 4.79 Å². The fourth-order valence-corrected chi connectivity index (χ4v) is 4.15. The number of thiophene rings is 1. The molecule has 6 rings (SSSR count). The summed E-state index contributed by atoms with van der Waals surface area (Å²) in [5, 5.41) is 1.91. The predicted octanol–water partition coefficient (Wildman–Crippen LogP) is 4.63. The molecule has 146 valence electrons. The number of hydrogen-bond donors (Lipinski definition) is 0. The number of ether oxygens (including phenoxy) is 4. The summed E-state index contributed by atoms with van der Waals surface area (Å²) < 4.78 is 22.5. The van der Waals surface area contributed by atoms with Crippen LogP contribution in [0.5, 0.6) is 17.2 Å². The molecule has 0 bridgehead atoms. The number of benzene rings is 2. The molecular weight excluding hydrogens is 402 g/mol. The van der Waals surface area contributed by atoms with Crippen LogP contribution in [-0.4, -0.2) is 18.7 Å². The minimum absolute atomic E-state index is 0.197. The Balaban J connectivity index is 1.51. The number of nitrogens with zero attached hydrogens (tertiary/aromatic N) is 1. The molecule has 0 fully saturated rings. The zero-order chi connectivity index (χ0) is 20.1. The SMILES string of the molecule is O=C1OC(c2cccs2)=NC1=C1C=C(c2ccc3c(c2)OCO3)Oc2ccccc21. The lowest BCUT2D eigenvalue weighted by molar-refractivity contribution is -0.129. The molecule has 1 aromatic heterocycles. The number of rotatable bonds is 2. The van der Waals surface area contributed by atoms with Crippen LogP contribution in [0.1, 0.15) is 16.0 Å². The van der Waals surface area contributed by atoms with E-state index in [4.69, 9.17) is 18.9 Å². The van der Waals surface area contributed by atoms with Crippen molar-refractivity contribution in [2.45, 2.75) is 0 Å². The molecule has 2 aromatic carbocycles. The zero-order valence-electron chi connectivity index (χ0n) is 15.5. The second-order valence-electron chi connectivity index (χ2n) is 6.72. The molecule has 6 nitrogen and oxygen atoms in total. The van der Waals surface area contributed by atoms with Gasteiger partial charge in [0.2, 0.25) is 12.7 Å². The quantitative estimate of drug-likeness (QED) is 0.451. The highest BCUT2D eigenvalue weighted by Crippen LogP contribution is 2.42. The number of para-hydroxylation sites is 1. The highest BCUT2D eigenvalue weighted by Gasteiger charge is 2.31. The molecule has 0 N–H and O–H groups in total. The molecular formula is C23H13NO5S. The average molecular weight is 415 g/mol. The van der Waals surface area contributed by atoms with Gasteiger partial charge in [-0.2, -0.15) is 0 Å². The van der Waals surface area contributed by atoms with Gasteiger partial charge >= 0.3 is 5.97 Å². The first-order chi connectivity index (χ1) is 14.8. The Kier molecular flexibility index (Phi) is 3.75. The molecule has 0 saturated heterocycles. The van der Waals surface area contributed by atoms with E-state index in [1.807, 2.05) is 66.1 Å². The third-order valence-electron chi connectivity index (χ3n) is 4.91. The molecule has 4 heterocycles. The van der Waals surface area contributed by atoms with Gasteiger partial charge in [0.25, 0.3) is 0 Å². The van der Waals surface area contributed by atoms with Gasteiger partial charge < -0.3 is 18.9 Å². The molecule has 3 aliphatic heterocycles. The van der Waals surface area contributed by atoms with Crippen molar-refractivity contribution in [2.24, 2.45) is 4.99 Å². The molecule has 0 aliphatic carbocycles. The van der Waals surface area contributed by atoms with Gasteiger partial charge in [-0.05, 0) is 41.8 Å². The van der Waals surface area contributed by atoms with Gasteiger partial charge in [0.15, 0.2) is 17.2 Å². The maximum atomic E-state index is 12.7. The number of allylic oxidation sites excluding steroid dienone is 2. The lowest BCUT2D eigenvalue weighted by atomic mass is 9.97. The van der Waals surface area contributed by atoms with E-state index in [0.29, 0.717) is 34.5 Å². The molecule has 0 spiro atoms. The number of aliphatic imine (C=N–C) groups is 1. The van der Waals surface area contributed by atoms with E-state index >= 15 is 0 Å². The smallest absolute Gasteiger partial charge is 0.364 e. The zero-order valence-corrected chi connectivity index (χ0v) is 16.3. The van der Waals surface area contributed by atoms with E-state index in [1.165, 1.54) is 11.3 Å². The van der Waals surface area contributed by atoms with E-state index in [0.717, 1.165) is 16.0 Å². The van der Waals surface area contributed by atoms with Crippen LogP contribution < -0.4 is 14.2 Å². The fraction of sp³-hybridized carbons (Fsp3) is 0.0435. The van der Waals surface area contributed by atoms with E-state index in [2.05, 4.69) is 4.99 Å². The summed E-state index contributed by atoms with van der Waals surface area (Å²) in [5.41, 5.74) is 2.50. The van der Waals surface area contributed by atoms with Crippen molar-refractivity contribution in [3.63, 3.8) is 0 Å². The number of hydrogen-bond acceptors (Lipinski definition) is 7. The normalized spacial score (nSPS) is 19.0. The summed E-state index contributed by atoms with van der Waals surface area (Å²) in [6.45, 7) is 0.197. The Morgan fingerprint density at radius 2 is 1.80 bits per heavy atom. The molecule has 7 heteroatoms. The second kappa shape index (κ2) is 6.60. The summed E-state index contributed by atoms with van der Waals surface area (Å²) in [7, 11) is 0. The number of fused-ring (bicyclic) bond motifs is 2. The molecule has 0 saturated carbocycles. The van der Waals surface area contributed by atoms with Crippen LogP contribution in [0.4, 0.5) is 0 Å². The Morgan fingerprint density at radius 3 is 2.70 bits per heavy atom. The summed E-state index contributed by atoms with van der Waals surface area (Å²) in [5.74, 6) is 2.41. The predicted molar refractivity (Wildman–Crippen MR) is 111 cm³/mol. The summed E-state index contributed by atoms with van der Waals surface area (Å²) in [6.07, 6.45) is 1.82. The Labute approximate surface area is 175 Å². The summed E-state index contributed by atoms with van der Waals surface area (Å²) in [4.78, 5) is 18.0. The van der Waals surface area contributed by atoms with Crippen molar-refractivity contribution >= 4 is 34.5 Å². The Hall–Kier alpha value is -3.84. The third-order valence-corrected chi connectivity index (χ3v) is 5.77. The average Bonchev–Trinajstić information content (AvgIpc) is 3.53. The number of carbonyl (C=O) groups is 1. The standard InChI is InChI=1S/C23H13NO5S/c25-23-21(24-22(29-23)20-6-3-9-30-20)15-11-18(28-16-5-2-1-4-14(15)16)13-7-8-17-19(10-13)27-12-26-17/h1-11H,12H2. The van der Waals surface area contributed by atoms with Crippen LogP contribution in [0.3, 0.4) is 0 Å². The van der Waals surface area contributed by atoms with Gasteiger partial charge in [0, 0.05) is 16.7 Å². The number of esters is 1. The fourth-order valence-electron chi connectivity index (χ4n) is 3.50. The van der Waals surface area contributed by atoms with Crippen molar-refractivity contribution in [3.05, 3.63) is 87.8 Å². The summed E-state index contributed by atoms with van der Waals surface area (Å²) in [6, 6.07) is 16.9. The first-order valence-electron chi connectivity index (χ1n) is 9.24. The van der Waals surface area contributed by atoms with Crippen LogP contribution in [0.2, 0.25) is 0 Å². The van der Waals surface area contributed by atoms with Crippen LogP contribution >= 0.6 is 11.3 Å². The highest BCUT2D eigenvalue weighted by atomic mass is 32.1. The highest BCUT2D eigenvalue weighted by molar-refractivity contribution is 7.12. The second-order valence-corrected chi connectivity index (χ2v) is 7.67. The molecule has 0 amide bonds. The molecule has 3 aromatic rings. The molecule has 0 unspecified atom stereocenters. The van der Waals surface area contributed by atoms with Crippen molar-refractivity contribution in [2.75, 3.05) is 6.79 Å². The Bertz CT molecular complexity index is 1290. The van der Waals surface area contributed by atoms with Gasteiger partial charge in [-0.15, -0.1) is 11.3 Å². The van der Waals surface area contributed by atoms with Crippen molar-refractivity contribution in [1.82, 2.24) is 0 Å². The van der Waals surface area contributed by atoms with Crippen LogP contribution in [-0.2, 0) is 9.53 Å². The number of carbonyl (C=O) groups excluding carboxylic acids is 1. The molecule has 3 aliphatic rings. The first-order valence-corrected chi connectivity index (χ1v) is 10.1. The van der Waals surface area contributed by atoms with Crippen molar-refractivity contribution in [1.29, 1.82) is 0 Å². The van der Waals surface area contributed by atoms with Gasteiger partial charge in [0.1, 0.15) is 11.5 Å². The summed E-state index contributed by atoms with van der Waals surface area (Å²) >= 11 is 1.47. The van der Waals surface area contributed by atoms with Crippen LogP contribution in [0.15, 0.2) is 76.7 Å². The van der Waals surface area contributed by atoms with Crippen LogP contribution in [0.25, 0.3) is 11.3 Å². The van der Waals surface area contributed by atoms with Gasteiger partial charge in [0.05, 0.1) is 4.88 Å². The molecule has 0 radical (unpaired) electrons. The minimum atomic E-state index is -0.480. The maximum absolute atomic E-state index is 12.7. The lowest BCUT2D eigenvalue weighted by Crippen LogP contribution is -2.08. The lowest BCUT2D eigenvalue weighted by Gasteiger charge is -2.20. The monoisotopic (exact) mass is 415 g/mol. The van der Waals surface area contributed by atoms with Gasteiger partial charge in [-0.3, -0.25) is 0 Å². The third kappa shape index (κ3) is 2.71. The van der Waals surface area contributed by atoms with Crippen molar-refractivity contribution in [3.8, 4) is 17.2 Å².